The van der Waals surface area contributed by atoms with Crippen LogP contribution in [0.5, 0.6) is 0 Å². The fraction of sp³-hybridized carbons (Fsp3) is 0.556. The normalized spacial score (nSPS) is 31.9. The molecule has 0 amide bonds. The average molecular weight is 320 g/mol. The van der Waals surface area contributed by atoms with Crippen molar-refractivity contribution in [3.63, 3.8) is 0 Å². The molecule has 1 unspecified atom stereocenters. The molecule has 23 heavy (non-hydrogen) atoms. The van der Waals surface area contributed by atoms with Gasteiger partial charge >= 0.3 is 0 Å². The molecule has 0 aliphatic carbocycles. The molecule has 2 saturated heterocycles. The minimum Gasteiger partial charge on any atom is -0.374 e. The highest BCUT2D eigenvalue weighted by molar-refractivity contribution is 5.13. The van der Waals surface area contributed by atoms with E-state index in [-0.39, 0.29) is 18.3 Å². The molecule has 126 valence electrons. The van der Waals surface area contributed by atoms with E-state index >= 15 is 0 Å². The van der Waals surface area contributed by atoms with Crippen molar-refractivity contribution in [2.24, 2.45) is 0 Å². The van der Waals surface area contributed by atoms with Crippen molar-refractivity contribution in [3.05, 3.63) is 48.6 Å². The van der Waals surface area contributed by atoms with Crippen LogP contribution in [-0.4, -0.2) is 43.6 Å². The Hall–Kier alpha value is -1.24. The minimum absolute atomic E-state index is 0.185. The maximum atomic E-state index is 5.97. The van der Waals surface area contributed by atoms with Gasteiger partial charge in [-0.2, -0.15) is 0 Å². The molecule has 2 fully saturated rings. The van der Waals surface area contributed by atoms with Gasteiger partial charge in [-0.05, 0) is 19.4 Å². The topological polar surface area (TPSA) is 46.2 Å². The smallest absolute Gasteiger partial charge is 0.187 e. The SMILES string of the molecule is C=CCOC1O[C@H](COCc2ccccc2)[C@H]2OC(C)(C)O[C@@H]12. The van der Waals surface area contributed by atoms with Crippen molar-refractivity contribution < 1.29 is 23.7 Å². The molecular weight excluding hydrogens is 296 g/mol. The summed E-state index contributed by atoms with van der Waals surface area (Å²) >= 11 is 0. The lowest BCUT2D eigenvalue weighted by atomic mass is 10.1. The fourth-order valence-electron chi connectivity index (χ4n) is 2.94. The summed E-state index contributed by atoms with van der Waals surface area (Å²) in [7, 11) is 0. The Kier molecular flexibility index (Phi) is 5.14. The van der Waals surface area contributed by atoms with Crippen LogP contribution in [0.2, 0.25) is 0 Å². The van der Waals surface area contributed by atoms with Crippen LogP contribution in [0.25, 0.3) is 0 Å². The highest BCUT2D eigenvalue weighted by Gasteiger charge is 2.55. The lowest BCUT2D eigenvalue weighted by molar-refractivity contribution is -0.235. The fourth-order valence-corrected chi connectivity index (χ4v) is 2.94. The zero-order chi connectivity index (χ0) is 16.3. The summed E-state index contributed by atoms with van der Waals surface area (Å²) in [6.07, 6.45) is 0.606. The van der Waals surface area contributed by atoms with Gasteiger partial charge in [0.2, 0.25) is 0 Å². The molecule has 0 N–H and O–H groups in total. The van der Waals surface area contributed by atoms with E-state index in [2.05, 4.69) is 6.58 Å². The van der Waals surface area contributed by atoms with Crippen molar-refractivity contribution in [1.29, 1.82) is 0 Å². The Morgan fingerprint density at radius 1 is 1.17 bits per heavy atom. The molecule has 2 aliphatic heterocycles. The number of fused-ring (bicyclic) bond motifs is 1. The van der Waals surface area contributed by atoms with Gasteiger partial charge in [0.25, 0.3) is 0 Å². The highest BCUT2D eigenvalue weighted by Crippen LogP contribution is 2.39. The van der Waals surface area contributed by atoms with Crippen LogP contribution < -0.4 is 0 Å². The van der Waals surface area contributed by atoms with Crippen molar-refractivity contribution in [3.8, 4) is 0 Å². The third-order valence-electron chi connectivity index (χ3n) is 3.88. The minimum atomic E-state index is -0.632. The first-order valence-corrected chi connectivity index (χ1v) is 7.94. The molecule has 2 heterocycles. The molecule has 2 aliphatic rings. The van der Waals surface area contributed by atoms with Gasteiger partial charge in [0, 0.05) is 0 Å². The summed E-state index contributed by atoms with van der Waals surface area (Å²) in [6.45, 7) is 8.85. The van der Waals surface area contributed by atoms with Crippen molar-refractivity contribution >= 4 is 0 Å². The molecule has 0 aromatic heterocycles. The zero-order valence-electron chi connectivity index (χ0n) is 13.6. The summed E-state index contributed by atoms with van der Waals surface area (Å²) in [5.41, 5.74) is 1.13. The van der Waals surface area contributed by atoms with Gasteiger partial charge in [-0.3, -0.25) is 0 Å². The molecule has 4 atom stereocenters. The molecule has 0 bridgehead atoms. The number of rotatable bonds is 7. The van der Waals surface area contributed by atoms with Crippen molar-refractivity contribution in [2.75, 3.05) is 13.2 Å². The van der Waals surface area contributed by atoms with Crippen LogP contribution in [0, 0.1) is 0 Å². The standard InChI is InChI=1S/C18H24O5/c1-4-10-20-17-16-15(22-18(2,3)23-16)14(21-17)12-19-11-13-8-6-5-7-9-13/h4-9,14-17H,1,10-12H2,2-3H3/t14-,15-,16-,17?/m1/s1. The quantitative estimate of drug-likeness (QED) is 0.723. The first-order valence-electron chi connectivity index (χ1n) is 7.94. The van der Waals surface area contributed by atoms with Crippen LogP contribution >= 0.6 is 0 Å². The monoisotopic (exact) mass is 320 g/mol. The first kappa shape index (κ1) is 16.6. The van der Waals surface area contributed by atoms with Crippen LogP contribution in [-0.2, 0) is 30.3 Å². The van der Waals surface area contributed by atoms with E-state index < -0.39 is 12.1 Å². The first-order chi connectivity index (χ1) is 11.1. The van der Waals surface area contributed by atoms with E-state index in [1.54, 1.807) is 6.08 Å². The second-order valence-corrected chi connectivity index (χ2v) is 6.23. The van der Waals surface area contributed by atoms with Gasteiger partial charge in [-0.1, -0.05) is 36.4 Å². The molecule has 5 nitrogen and oxygen atoms in total. The predicted octanol–water partition coefficient (Wildman–Crippen LogP) is 2.65. The predicted molar refractivity (Wildman–Crippen MR) is 84.7 cm³/mol. The summed E-state index contributed by atoms with van der Waals surface area (Å²) in [4.78, 5) is 0. The van der Waals surface area contributed by atoms with Crippen LogP contribution in [0.15, 0.2) is 43.0 Å². The van der Waals surface area contributed by atoms with Crippen LogP contribution in [0.4, 0.5) is 0 Å². The van der Waals surface area contributed by atoms with Crippen molar-refractivity contribution in [1.82, 2.24) is 0 Å². The Morgan fingerprint density at radius 3 is 2.65 bits per heavy atom. The molecule has 1 aromatic rings. The third kappa shape index (κ3) is 4.00. The lowest BCUT2D eigenvalue weighted by Crippen LogP contribution is -2.33. The van der Waals surface area contributed by atoms with Crippen LogP contribution in [0.3, 0.4) is 0 Å². The maximum Gasteiger partial charge on any atom is 0.187 e. The van der Waals surface area contributed by atoms with Gasteiger partial charge in [-0.15, -0.1) is 6.58 Å². The molecule has 0 radical (unpaired) electrons. The Balaban J connectivity index is 1.57. The van der Waals surface area contributed by atoms with Crippen LogP contribution in [0.1, 0.15) is 19.4 Å². The van der Waals surface area contributed by atoms with Gasteiger partial charge in [-0.25, -0.2) is 0 Å². The molecule has 0 saturated carbocycles. The zero-order valence-corrected chi connectivity index (χ0v) is 13.6. The second kappa shape index (κ2) is 7.11. The number of hydrogen-bond donors (Lipinski definition) is 0. The number of benzene rings is 1. The Morgan fingerprint density at radius 2 is 1.91 bits per heavy atom. The van der Waals surface area contributed by atoms with Gasteiger partial charge in [0.1, 0.15) is 18.3 Å². The summed E-state index contributed by atoms with van der Waals surface area (Å²) in [6, 6.07) is 10.0. The average Bonchev–Trinajstić information content (AvgIpc) is 3.00. The van der Waals surface area contributed by atoms with Crippen molar-refractivity contribution in [2.45, 2.75) is 50.8 Å². The Labute approximate surface area is 137 Å². The summed E-state index contributed by atoms with van der Waals surface area (Å²) in [5.74, 6) is -0.632. The molecule has 0 spiro atoms. The van der Waals surface area contributed by atoms with E-state index in [9.17, 15) is 0 Å². The highest BCUT2D eigenvalue weighted by atomic mass is 16.8. The summed E-state index contributed by atoms with van der Waals surface area (Å²) < 4.78 is 29.2. The molecular formula is C18H24O5. The molecule has 5 heteroatoms. The van der Waals surface area contributed by atoms with Gasteiger partial charge < -0.3 is 23.7 Å². The third-order valence-corrected chi connectivity index (χ3v) is 3.88. The van der Waals surface area contributed by atoms with E-state index in [4.69, 9.17) is 23.7 Å². The molecule has 1 aromatic carbocycles. The van der Waals surface area contributed by atoms with Gasteiger partial charge in [0.15, 0.2) is 12.1 Å². The maximum absolute atomic E-state index is 5.97. The largest absolute Gasteiger partial charge is 0.374 e. The second-order valence-electron chi connectivity index (χ2n) is 6.23. The van der Waals surface area contributed by atoms with E-state index in [0.717, 1.165) is 5.56 Å². The van der Waals surface area contributed by atoms with E-state index in [0.29, 0.717) is 19.8 Å². The molecule has 3 rings (SSSR count). The van der Waals surface area contributed by atoms with Gasteiger partial charge in [0.05, 0.1) is 19.8 Å². The lowest BCUT2D eigenvalue weighted by Gasteiger charge is -2.24. The number of hydrogen-bond acceptors (Lipinski definition) is 5. The summed E-state index contributed by atoms with van der Waals surface area (Å²) in [5, 5.41) is 0. The van der Waals surface area contributed by atoms with E-state index in [1.807, 2.05) is 44.2 Å². The number of ether oxygens (including phenoxy) is 5. The Bertz CT molecular complexity index is 515. The van der Waals surface area contributed by atoms with E-state index in [1.165, 1.54) is 0 Å².